The van der Waals surface area contributed by atoms with E-state index in [9.17, 15) is 9.59 Å². The zero-order chi connectivity index (χ0) is 23.1. The smallest absolute Gasteiger partial charge is 0.308 e. The zero-order valence-electron chi connectivity index (χ0n) is 20.6. The lowest BCUT2D eigenvalue weighted by Gasteiger charge is -2.08. The third-order valence-corrected chi connectivity index (χ3v) is 5.10. The normalized spacial score (nSPS) is 11.0. The molecule has 0 aromatic rings. The van der Waals surface area contributed by atoms with Gasteiger partial charge in [0.1, 0.15) is 0 Å². The second-order valence-corrected chi connectivity index (χ2v) is 9.39. The fraction of sp³-hybridized carbons (Fsp3) is 0.920. The van der Waals surface area contributed by atoms with E-state index in [1.54, 1.807) is 20.8 Å². The Morgan fingerprint density at radius 1 is 0.733 bits per heavy atom. The molecule has 0 atom stereocenters. The van der Waals surface area contributed by atoms with Crippen LogP contribution in [0.15, 0.2) is 0 Å². The zero-order valence-corrected chi connectivity index (χ0v) is 20.6. The molecule has 0 aliphatic heterocycles. The summed E-state index contributed by atoms with van der Waals surface area (Å²) in [7, 11) is 0. The SMILES string of the molecule is CC(C)(C)C(=O)O.CCCCCCCCCCCCCCCC(=O)NCCCCN. The van der Waals surface area contributed by atoms with E-state index < -0.39 is 11.4 Å². The maximum absolute atomic E-state index is 11.6. The second-order valence-electron chi connectivity index (χ2n) is 9.39. The van der Waals surface area contributed by atoms with E-state index >= 15 is 0 Å². The summed E-state index contributed by atoms with van der Waals surface area (Å²) in [6.45, 7) is 8.76. The molecule has 0 saturated carbocycles. The van der Waals surface area contributed by atoms with Crippen molar-refractivity contribution in [2.75, 3.05) is 13.1 Å². The van der Waals surface area contributed by atoms with Gasteiger partial charge in [-0.05, 0) is 46.6 Å². The summed E-state index contributed by atoms with van der Waals surface area (Å²) in [6, 6.07) is 0. The summed E-state index contributed by atoms with van der Waals surface area (Å²) in [5, 5.41) is 11.2. The van der Waals surface area contributed by atoms with Gasteiger partial charge in [-0.3, -0.25) is 9.59 Å². The molecule has 0 heterocycles. The number of hydrogen-bond acceptors (Lipinski definition) is 3. The summed E-state index contributed by atoms with van der Waals surface area (Å²) >= 11 is 0. The molecule has 0 rings (SSSR count). The van der Waals surface area contributed by atoms with Crippen LogP contribution < -0.4 is 11.1 Å². The monoisotopic (exact) mass is 428 g/mol. The Hall–Kier alpha value is -1.10. The molecule has 30 heavy (non-hydrogen) atoms. The van der Waals surface area contributed by atoms with Crippen LogP contribution in [0.4, 0.5) is 0 Å². The lowest BCUT2D eigenvalue weighted by molar-refractivity contribution is -0.145. The van der Waals surface area contributed by atoms with Crippen molar-refractivity contribution in [1.82, 2.24) is 5.32 Å². The molecule has 0 aliphatic rings. The van der Waals surface area contributed by atoms with Gasteiger partial charge >= 0.3 is 5.97 Å². The third-order valence-electron chi connectivity index (χ3n) is 5.10. The predicted octanol–water partition coefficient (Wildman–Crippen LogP) is 6.44. The van der Waals surface area contributed by atoms with Crippen LogP contribution in [-0.4, -0.2) is 30.1 Å². The molecule has 4 N–H and O–H groups in total. The van der Waals surface area contributed by atoms with Gasteiger partial charge in [0.2, 0.25) is 5.91 Å². The van der Waals surface area contributed by atoms with Crippen LogP contribution in [0, 0.1) is 5.41 Å². The number of unbranched alkanes of at least 4 members (excludes halogenated alkanes) is 13. The quantitative estimate of drug-likeness (QED) is 0.219. The number of carboxylic acid groups (broad SMARTS) is 1. The van der Waals surface area contributed by atoms with Crippen molar-refractivity contribution in [3.05, 3.63) is 0 Å². The summed E-state index contributed by atoms with van der Waals surface area (Å²) in [4.78, 5) is 21.6. The highest BCUT2D eigenvalue weighted by Crippen LogP contribution is 2.13. The fourth-order valence-corrected chi connectivity index (χ4v) is 2.89. The Balaban J connectivity index is 0. The molecular weight excluding hydrogens is 376 g/mol. The molecule has 0 fully saturated rings. The van der Waals surface area contributed by atoms with Gasteiger partial charge in [0.05, 0.1) is 5.41 Å². The molecule has 0 aliphatic carbocycles. The number of amides is 1. The van der Waals surface area contributed by atoms with Gasteiger partial charge in [-0.15, -0.1) is 0 Å². The minimum Gasteiger partial charge on any atom is -0.481 e. The van der Waals surface area contributed by atoms with Gasteiger partial charge in [0, 0.05) is 13.0 Å². The number of rotatable bonds is 18. The van der Waals surface area contributed by atoms with Gasteiger partial charge in [0.25, 0.3) is 0 Å². The Kier molecular flexibility index (Phi) is 23.4. The average Bonchev–Trinajstić information content (AvgIpc) is 2.68. The first-order chi connectivity index (χ1) is 14.3. The molecule has 180 valence electrons. The maximum Gasteiger partial charge on any atom is 0.308 e. The number of carbonyl (C=O) groups excluding carboxylic acids is 1. The van der Waals surface area contributed by atoms with Crippen LogP contribution in [-0.2, 0) is 9.59 Å². The van der Waals surface area contributed by atoms with Crippen molar-refractivity contribution in [3.63, 3.8) is 0 Å². The van der Waals surface area contributed by atoms with Crippen LogP contribution in [0.25, 0.3) is 0 Å². The van der Waals surface area contributed by atoms with Crippen LogP contribution in [0.2, 0.25) is 0 Å². The molecule has 5 nitrogen and oxygen atoms in total. The molecule has 0 spiro atoms. The van der Waals surface area contributed by atoms with Crippen molar-refractivity contribution in [2.45, 2.75) is 130 Å². The molecular formula is C25H52N2O3. The minimum absolute atomic E-state index is 0.213. The van der Waals surface area contributed by atoms with Crippen LogP contribution >= 0.6 is 0 Å². The van der Waals surface area contributed by atoms with Crippen molar-refractivity contribution in [1.29, 1.82) is 0 Å². The molecule has 0 radical (unpaired) electrons. The van der Waals surface area contributed by atoms with Crippen molar-refractivity contribution in [3.8, 4) is 0 Å². The van der Waals surface area contributed by atoms with E-state index in [4.69, 9.17) is 10.8 Å². The molecule has 0 aromatic heterocycles. The van der Waals surface area contributed by atoms with Gasteiger partial charge < -0.3 is 16.2 Å². The Labute approximate surface area is 187 Å². The molecule has 1 amide bonds. The fourth-order valence-electron chi connectivity index (χ4n) is 2.89. The van der Waals surface area contributed by atoms with Crippen LogP contribution in [0.1, 0.15) is 130 Å². The lowest BCUT2D eigenvalue weighted by Crippen LogP contribution is -2.24. The van der Waals surface area contributed by atoms with Gasteiger partial charge in [-0.25, -0.2) is 0 Å². The second kappa shape index (κ2) is 22.6. The third kappa shape index (κ3) is 26.9. The predicted molar refractivity (Wildman–Crippen MR) is 129 cm³/mol. The van der Waals surface area contributed by atoms with Crippen molar-refractivity contribution < 1.29 is 14.7 Å². The summed E-state index contributed by atoms with van der Waals surface area (Å²) < 4.78 is 0. The van der Waals surface area contributed by atoms with Crippen LogP contribution in [0.3, 0.4) is 0 Å². The first kappa shape index (κ1) is 31.1. The van der Waals surface area contributed by atoms with Crippen LogP contribution in [0.5, 0.6) is 0 Å². The van der Waals surface area contributed by atoms with E-state index in [0.717, 1.165) is 25.8 Å². The highest BCUT2D eigenvalue weighted by Gasteiger charge is 2.18. The summed E-state index contributed by atoms with van der Waals surface area (Å²) in [5.74, 6) is -0.544. The first-order valence-corrected chi connectivity index (χ1v) is 12.5. The maximum atomic E-state index is 11.6. The molecule has 0 bridgehead atoms. The molecule has 5 heteroatoms. The molecule has 0 aromatic carbocycles. The van der Waals surface area contributed by atoms with E-state index in [1.807, 2.05) is 0 Å². The summed E-state index contributed by atoms with van der Waals surface area (Å²) in [5.41, 5.74) is 4.84. The number of carbonyl (C=O) groups is 2. The first-order valence-electron chi connectivity index (χ1n) is 12.5. The Morgan fingerprint density at radius 3 is 1.50 bits per heavy atom. The van der Waals surface area contributed by atoms with Crippen molar-refractivity contribution >= 4 is 11.9 Å². The number of hydrogen-bond donors (Lipinski definition) is 3. The standard InChI is InChI=1S/C20H42N2O.C5H10O2/c1-2-3-4-5-6-7-8-9-10-11-12-13-14-17-20(23)22-19-16-15-18-21;1-5(2,3)4(6)7/h2-19,21H2,1H3,(H,22,23);1-3H3,(H,6,7). The summed E-state index contributed by atoms with van der Waals surface area (Å²) in [6.07, 6.45) is 20.2. The average molecular weight is 429 g/mol. The molecule has 0 unspecified atom stereocenters. The van der Waals surface area contributed by atoms with Gasteiger partial charge in [-0.1, -0.05) is 84.0 Å². The van der Waals surface area contributed by atoms with Gasteiger partial charge in [-0.2, -0.15) is 0 Å². The minimum atomic E-state index is -0.757. The van der Waals surface area contributed by atoms with E-state index in [0.29, 0.717) is 13.0 Å². The number of nitrogens with one attached hydrogen (secondary N) is 1. The number of carboxylic acids is 1. The van der Waals surface area contributed by atoms with E-state index in [2.05, 4.69) is 12.2 Å². The Morgan fingerprint density at radius 2 is 1.13 bits per heavy atom. The van der Waals surface area contributed by atoms with E-state index in [-0.39, 0.29) is 5.91 Å². The number of aliphatic carboxylic acids is 1. The topological polar surface area (TPSA) is 92.4 Å². The highest BCUT2D eigenvalue weighted by atomic mass is 16.4. The number of nitrogens with two attached hydrogens (primary N) is 1. The van der Waals surface area contributed by atoms with E-state index in [1.165, 1.54) is 77.0 Å². The largest absolute Gasteiger partial charge is 0.481 e. The molecule has 0 saturated heterocycles. The van der Waals surface area contributed by atoms with Crippen molar-refractivity contribution in [2.24, 2.45) is 11.1 Å². The highest BCUT2D eigenvalue weighted by molar-refractivity contribution is 5.75. The lowest BCUT2D eigenvalue weighted by atomic mass is 9.98. The Bertz CT molecular complexity index is 392. The van der Waals surface area contributed by atoms with Gasteiger partial charge in [0.15, 0.2) is 0 Å².